The first kappa shape index (κ1) is 11.6. The van der Waals surface area contributed by atoms with Crippen LogP contribution >= 0.6 is 23.3 Å². The van der Waals surface area contributed by atoms with E-state index in [-0.39, 0.29) is 0 Å². The van der Waals surface area contributed by atoms with Crippen LogP contribution in [-0.2, 0) is 6.54 Å². The zero-order chi connectivity index (χ0) is 12.4. The fraction of sp³-hybridized carbons (Fsp3) is 0.0833. The second-order valence-corrected chi connectivity index (χ2v) is 5.70. The average Bonchev–Trinajstić information content (AvgIpc) is 2.90. The van der Waals surface area contributed by atoms with E-state index in [0.29, 0.717) is 6.54 Å². The summed E-state index contributed by atoms with van der Waals surface area (Å²) in [7, 11) is 0. The van der Waals surface area contributed by atoms with Crippen molar-refractivity contribution < 1.29 is 0 Å². The molecule has 0 bridgehead atoms. The van der Waals surface area contributed by atoms with Crippen molar-refractivity contribution in [3.8, 4) is 0 Å². The van der Waals surface area contributed by atoms with Gasteiger partial charge in [0.15, 0.2) is 4.34 Å². The number of pyridine rings is 1. The molecule has 2 N–H and O–H groups in total. The van der Waals surface area contributed by atoms with Crippen molar-refractivity contribution in [1.29, 1.82) is 0 Å². The van der Waals surface area contributed by atoms with Crippen molar-refractivity contribution in [2.75, 3.05) is 0 Å². The Kier molecular flexibility index (Phi) is 3.22. The molecule has 4 nitrogen and oxygen atoms in total. The lowest BCUT2D eigenvalue weighted by molar-refractivity contribution is 1.05. The van der Waals surface area contributed by atoms with E-state index in [1.807, 2.05) is 30.3 Å². The Morgan fingerprint density at radius 2 is 2.17 bits per heavy atom. The van der Waals surface area contributed by atoms with Crippen LogP contribution in [0.5, 0.6) is 0 Å². The summed E-state index contributed by atoms with van der Waals surface area (Å²) in [6, 6.07) is 10.0. The molecule has 0 spiro atoms. The van der Waals surface area contributed by atoms with Crippen LogP contribution in [0, 0.1) is 0 Å². The van der Waals surface area contributed by atoms with Crippen LogP contribution in [0.15, 0.2) is 46.0 Å². The van der Waals surface area contributed by atoms with E-state index < -0.39 is 0 Å². The van der Waals surface area contributed by atoms with Gasteiger partial charge in [0.25, 0.3) is 0 Å². The number of rotatable bonds is 3. The highest BCUT2D eigenvalue weighted by molar-refractivity contribution is 8.00. The van der Waals surface area contributed by atoms with Crippen LogP contribution in [0.4, 0.5) is 0 Å². The number of hydrogen-bond acceptors (Lipinski definition) is 6. The summed E-state index contributed by atoms with van der Waals surface area (Å²) in [6.07, 6.45) is 1.55. The van der Waals surface area contributed by atoms with Gasteiger partial charge < -0.3 is 5.73 Å². The van der Waals surface area contributed by atoms with Crippen LogP contribution in [0.2, 0.25) is 0 Å². The van der Waals surface area contributed by atoms with Crippen molar-refractivity contribution in [3.63, 3.8) is 0 Å². The van der Waals surface area contributed by atoms with E-state index in [2.05, 4.69) is 14.3 Å². The quantitative estimate of drug-likeness (QED) is 0.795. The third-order valence-electron chi connectivity index (χ3n) is 2.53. The van der Waals surface area contributed by atoms with Crippen LogP contribution in [-0.4, -0.2) is 14.3 Å². The minimum atomic E-state index is 0.507. The van der Waals surface area contributed by atoms with Gasteiger partial charge in [-0.1, -0.05) is 18.2 Å². The van der Waals surface area contributed by atoms with Crippen molar-refractivity contribution in [2.24, 2.45) is 5.73 Å². The topological polar surface area (TPSA) is 64.7 Å². The fourth-order valence-electron chi connectivity index (χ4n) is 1.74. The van der Waals surface area contributed by atoms with Gasteiger partial charge in [0.2, 0.25) is 0 Å². The van der Waals surface area contributed by atoms with Crippen molar-refractivity contribution in [1.82, 2.24) is 14.3 Å². The number of hydrogen-bond donors (Lipinski definition) is 1. The number of para-hydroxylation sites is 1. The molecule has 6 heteroatoms. The van der Waals surface area contributed by atoms with Gasteiger partial charge in [-0.05, 0) is 41.0 Å². The number of nitrogens with two attached hydrogens (primary N) is 1. The molecule has 2 heterocycles. The molecular formula is C12H10N4S2. The Bertz CT molecular complexity index is 667. The molecule has 0 unspecified atom stereocenters. The number of fused-ring (bicyclic) bond motifs is 1. The summed E-state index contributed by atoms with van der Waals surface area (Å²) in [6.45, 7) is 0.507. The summed E-state index contributed by atoms with van der Waals surface area (Å²) in [4.78, 5) is 8.75. The zero-order valence-corrected chi connectivity index (χ0v) is 11.0. The van der Waals surface area contributed by atoms with Gasteiger partial charge in [-0.25, -0.2) is 9.97 Å². The Morgan fingerprint density at radius 1 is 1.28 bits per heavy atom. The van der Waals surface area contributed by atoms with Gasteiger partial charge in [-0.2, -0.15) is 4.37 Å². The molecule has 0 aliphatic heterocycles. The molecule has 18 heavy (non-hydrogen) atoms. The van der Waals surface area contributed by atoms with Gasteiger partial charge in [-0.15, -0.1) is 0 Å². The van der Waals surface area contributed by atoms with E-state index in [1.54, 1.807) is 6.33 Å². The molecule has 0 fully saturated rings. The minimum Gasteiger partial charge on any atom is -0.326 e. The standard InChI is InChI=1S/C12H10N4S2/c13-6-8-5-11(17-12-14-7-15-18-12)16-10-4-2-1-3-9(8)10/h1-5,7H,6,13H2. The predicted octanol–water partition coefficient (Wildman–Crippen LogP) is 2.70. The third kappa shape index (κ3) is 2.22. The Morgan fingerprint density at radius 3 is 2.94 bits per heavy atom. The molecular weight excluding hydrogens is 264 g/mol. The smallest absolute Gasteiger partial charge is 0.175 e. The van der Waals surface area contributed by atoms with Gasteiger partial charge >= 0.3 is 0 Å². The summed E-state index contributed by atoms with van der Waals surface area (Å²) in [5, 5.41) is 2.02. The Balaban J connectivity index is 2.08. The van der Waals surface area contributed by atoms with Crippen molar-refractivity contribution in [3.05, 3.63) is 42.2 Å². The highest BCUT2D eigenvalue weighted by Gasteiger charge is 2.07. The van der Waals surface area contributed by atoms with E-state index in [0.717, 1.165) is 25.8 Å². The van der Waals surface area contributed by atoms with E-state index in [1.165, 1.54) is 23.3 Å². The average molecular weight is 274 g/mol. The van der Waals surface area contributed by atoms with Crippen molar-refractivity contribution in [2.45, 2.75) is 15.9 Å². The van der Waals surface area contributed by atoms with Gasteiger partial charge in [0.1, 0.15) is 11.4 Å². The van der Waals surface area contributed by atoms with Crippen LogP contribution in [0.25, 0.3) is 10.9 Å². The lowest BCUT2D eigenvalue weighted by Gasteiger charge is -2.06. The van der Waals surface area contributed by atoms with E-state index >= 15 is 0 Å². The van der Waals surface area contributed by atoms with Crippen LogP contribution in [0.1, 0.15) is 5.56 Å². The molecule has 1 aromatic carbocycles. The van der Waals surface area contributed by atoms with Crippen LogP contribution < -0.4 is 5.73 Å². The van der Waals surface area contributed by atoms with Crippen molar-refractivity contribution >= 4 is 34.2 Å². The first-order valence-electron chi connectivity index (χ1n) is 5.40. The van der Waals surface area contributed by atoms with Crippen LogP contribution in [0.3, 0.4) is 0 Å². The molecule has 0 atom stereocenters. The van der Waals surface area contributed by atoms with E-state index in [9.17, 15) is 0 Å². The molecule has 90 valence electrons. The number of nitrogens with zero attached hydrogens (tertiary/aromatic N) is 3. The maximum atomic E-state index is 5.80. The zero-order valence-electron chi connectivity index (χ0n) is 9.41. The van der Waals surface area contributed by atoms with Gasteiger partial charge in [-0.3, -0.25) is 0 Å². The molecule has 0 amide bonds. The predicted molar refractivity (Wildman–Crippen MR) is 73.7 cm³/mol. The summed E-state index contributed by atoms with van der Waals surface area (Å²) in [5.41, 5.74) is 7.87. The molecule has 0 aliphatic carbocycles. The number of aromatic nitrogens is 3. The molecule has 0 saturated heterocycles. The highest BCUT2D eigenvalue weighted by atomic mass is 32.2. The lowest BCUT2D eigenvalue weighted by Crippen LogP contribution is -1.99. The second kappa shape index (κ2) is 5.01. The molecule has 2 aromatic heterocycles. The molecule has 0 aliphatic rings. The summed E-state index contributed by atoms with van der Waals surface area (Å²) in [5.74, 6) is 0. The normalized spacial score (nSPS) is 10.9. The molecule has 3 rings (SSSR count). The molecule has 3 aromatic rings. The Labute approximate surface area is 112 Å². The summed E-state index contributed by atoms with van der Waals surface area (Å²) < 4.78 is 4.87. The third-order valence-corrected chi connectivity index (χ3v) is 4.16. The largest absolute Gasteiger partial charge is 0.326 e. The number of benzene rings is 1. The highest BCUT2D eigenvalue weighted by Crippen LogP contribution is 2.29. The van der Waals surface area contributed by atoms with Gasteiger partial charge in [0, 0.05) is 11.9 Å². The molecule has 0 radical (unpaired) electrons. The maximum Gasteiger partial charge on any atom is 0.175 e. The fourth-order valence-corrected chi connectivity index (χ4v) is 3.18. The lowest BCUT2D eigenvalue weighted by atomic mass is 10.1. The first-order chi connectivity index (χ1) is 8.86. The second-order valence-electron chi connectivity index (χ2n) is 3.65. The SMILES string of the molecule is NCc1cc(Sc2ncns2)nc2ccccc12. The van der Waals surface area contributed by atoms with E-state index in [4.69, 9.17) is 5.73 Å². The Hall–Kier alpha value is -1.50. The summed E-state index contributed by atoms with van der Waals surface area (Å²) >= 11 is 2.88. The monoisotopic (exact) mass is 274 g/mol. The molecule has 0 saturated carbocycles. The first-order valence-corrected chi connectivity index (χ1v) is 6.99. The minimum absolute atomic E-state index is 0.507. The maximum absolute atomic E-state index is 5.80. The van der Waals surface area contributed by atoms with Gasteiger partial charge in [0.05, 0.1) is 5.52 Å².